The zero-order valence-electron chi connectivity index (χ0n) is 12.8. The van der Waals surface area contributed by atoms with Gasteiger partial charge in [0.1, 0.15) is 0 Å². The van der Waals surface area contributed by atoms with Crippen LogP contribution in [-0.2, 0) is 13.5 Å². The van der Waals surface area contributed by atoms with E-state index in [0.29, 0.717) is 6.04 Å². The smallest absolute Gasteiger partial charge is 0.0847 e. The Morgan fingerprint density at radius 1 is 1.40 bits per heavy atom. The van der Waals surface area contributed by atoms with E-state index in [1.807, 2.05) is 18.7 Å². The first-order chi connectivity index (χ1) is 9.63. The van der Waals surface area contributed by atoms with Crippen LogP contribution >= 0.6 is 11.6 Å². The molecule has 0 amide bonds. The maximum absolute atomic E-state index is 6.43. The molecule has 1 heterocycles. The Morgan fingerprint density at radius 2 is 2.10 bits per heavy atom. The SMILES string of the molecule is CCCNC(Cc1c(Cl)c(C)nn1C)C1C2CCCC21. The Hall–Kier alpha value is -0.540. The summed E-state index contributed by atoms with van der Waals surface area (Å²) in [5.41, 5.74) is 2.15. The third-order valence-electron chi connectivity index (χ3n) is 5.27. The monoisotopic (exact) mass is 295 g/mol. The van der Waals surface area contributed by atoms with Crippen LogP contribution in [0.25, 0.3) is 0 Å². The molecule has 2 fully saturated rings. The number of halogens is 1. The van der Waals surface area contributed by atoms with Crippen molar-refractivity contribution in [1.82, 2.24) is 15.1 Å². The second kappa shape index (κ2) is 5.69. The minimum atomic E-state index is 0.581. The van der Waals surface area contributed by atoms with Gasteiger partial charge in [-0.05, 0) is 50.5 Å². The maximum Gasteiger partial charge on any atom is 0.0847 e. The van der Waals surface area contributed by atoms with Gasteiger partial charge < -0.3 is 5.32 Å². The lowest BCUT2D eigenvalue weighted by atomic mass is 9.99. The standard InChI is InChI=1S/C16H26ClN3/c1-4-8-18-13(15-11-6-5-7-12(11)15)9-14-16(17)10(2)19-20(14)3/h11-13,15,18H,4-9H2,1-3H3. The molecule has 3 atom stereocenters. The van der Waals surface area contributed by atoms with E-state index in [1.54, 1.807) is 0 Å². The summed E-state index contributed by atoms with van der Waals surface area (Å²) in [4.78, 5) is 0. The van der Waals surface area contributed by atoms with Gasteiger partial charge in [0.25, 0.3) is 0 Å². The average Bonchev–Trinajstić information content (AvgIpc) is 2.78. The maximum atomic E-state index is 6.43. The van der Waals surface area contributed by atoms with Gasteiger partial charge in [-0.15, -0.1) is 0 Å². The van der Waals surface area contributed by atoms with Crippen LogP contribution in [0.3, 0.4) is 0 Å². The number of fused-ring (bicyclic) bond motifs is 1. The third kappa shape index (κ3) is 2.50. The number of aryl methyl sites for hydroxylation is 2. The summed E-state index contributed by atoms with van der Waals surface area (Å²) in [6, 6.07) is 0.581. The lowest BCUT2D eigenvalue weighted by Gasteiger charge is -2.21. The van der Waals surface area contributed by atoms with Gasteiger partial charge in [-0.1, -0.05) is 24.9 Å². The summed E-state index contributed by atoms with van der Waals surface area (Å²) < 4.78 is 1.97. The molecule has 0 aliphatic heterocycles. The summed E-state index contributed by atoms with van der Waals surface area (Å²) in [5.74, 6) is 2.84. The molecule has 4 heteroatoms. The molecule has 0 radical (unpaired) electrons. The van der Waals surface area contributed by atoms with Gasteiger partial charge in [-0.3, -0.25) is 4.68 Å². The molecule has 2 saturated carbocycles. The van der Waals surface area contributed by atoms with Gasteiger partial charge in [0.15, 0.2) is 0 Å². The number of hydrogen-bond acceptors (Lipinski definition) is 2. The van der Waals surface area contributed by atoms with Gasteiger partial charge in [0.05, 0.1) is 16.4 Å². The van der Waals surface area contributed by atoms with Crippen LogP contribution in [0.15, 0.2) is 0 Å². The topological polar surface area (TPSA) is 29.9 Å². The molecule has 1 aromatic rings. The highest BCUT2D eigenvalue weighted by atomic mass is 35.5. The molecule has 2 aliphatic carbocycles. The van der Waals surface area contributed by atoms with Gasteiger partial charge in [-0.2, -0.15) is 5.10 Å². The third-order valence-corrected chi connectivity index (χ3v) is 5.76. The van der Waals surface area contributed by atoms with E-state index in [-0.39, 0.29) is 0 Å². The van der Waals surface area contributed by atoms with Crippen molar-refractivity contribution in [2.45, 2.75) is 52.0 Å². The largest absolute Gasteiger partial charge is 0.313 e. The van der Waals surface area contributed by atoms with Crippen molar-refractivity contribution in [3.63, 3.8) is 0 Å². The van der Waals surface area contributed by atoms with Crippen molar-refractivity contribution in [2.24, 2.45) is 24.8 Å². The van der Waals surface area contributed by atoms with Crippen molar-refractivity contribution in [2.75, 3.05) is 6.54 Å². The number of nitrogens with zero attached hydrogens (tertiary/aromatic N) is 2. The van der Waals surface area contributed by atoms with E-state index in [9.17, 15) is 0 Å². The van der Waals surface area contributed by atoms with Crippen LogP contribution in [0.5, 0.6) is 0 Å². The molecule has 3 nitrogen and oxygen atoms in total. The molecule has 1 aromatic heterocycles. The lowest BCUT2D eigenvalue weighted by molar-refractivity contribution is 0.396. The summed E-state index contributed by atoms with van der Waals surface area (Å²) in [6.45, 7) is 5.33. The summed E-state index contributed by atoms with van der Waals surface area (Å²) in [7, 11) is 2.01. The number of aromatic nitrogens is 2. The molecule has 0 spiro atoms. The molecule has 1 N–H and O–H groups in total. The molecule has 0 saturated heterocycles. The van der Waals surface area contributed by atoms with Crippen LogP contribution in [0.1, 0.15) is 44.0 Å². The Labute approximate surface area is 127 Å². The minimum absolute atomic E-state index is 0.581. The molecule has 3 unspecified atom stereocenters. The lowest BCUT2D eigenvalue weighted by Crippen LogP contribution is -2.36. The van der Waals surface area contributed by atoms with Gasteiger partial charge in [0, 0.05) is 19.5 Å². The predicted molar refractivity (Wildman–Crippen MR) is 83.1 cm³/mol. The second-order valence-electron chi connectivity index (χ2n) is 6.57. The first-order valence-corrected chi connectivity index (χ1v) is 8.42. The minimum Gasteiger partial charge on any atom is -0.313 e. The summed E-state index contributed by atoms with van der Waals surface area (Å²) in [5, 5.41) is 9.09. The zero-order chi connectivity index (χ0) is 14.3. The van der Waals surface area contributed by atoms with E-state index in [2.05, 4.69) is 17.3 Å². The van der Waals surface area contributed by atoms with Crippen molar-refractivity contribution in [3.05, 3.63) is 16.4 Å². The Morgan fingerprint density at radius 3 is 2.65 bits per heavy atom. The van der Waals surface area contributed by atoms with Crippen LogP contribution in [0, 0.1) is 24.7 Å². The molecule has 112 valence electrons. The highest BCUT2D eigenvalue weighted by molar-refractivity contribution is 6.31. The Kier molecular flexibility index (Phi) is 4.09. The van der Waals surface area contributed by atoms with Crippen LogP contribution < -0.4 is 5.32 Å². The quantitative estimate of drug-likeness (QED) is 0.872. The van der Waals surface area contributed by atoms with Gasteiger partial charge in [-0.25, -0.2) is 0 Å². The zero-order valence-corrected chi connectivity index (χ0v) is 13.6. The van der Waals surface area contributed by atoms with E-state index in [1.165, 1.54) is 31.4 Å². The fourth-order valence-corrected chi connectivity index (χ4v) is 4.50. The van der Waals surface area contributed by atoms with Gasteiger partial charge in [0.2, 0.25) is 0 Å². The second-order valence-corrected chi connectivity index (χ2v) is 6.95. The van der Waals surface area contributed by atoms with E-state index in [0.717, 1.165) is 41.4 Å². The molecule has 2 aliphatic rings. The van der Waals surface area contributed by atoms with Crippen molar-refractivity contribution >= 4 is 11.6 Å². The highest BCUT2D eigenvalue weighted by Gasteiger charge is 2.55. The first kappa shape index (κ1) is 14.4. The predicted octanol–water partition coefficient (Wildman–Crippen LogP) is 3.34. The molecule has 3 rings (SSSR count). The van der Waals surface area contributed by atoms with Crippen molar-refractivity contribution in [1.29, 1.82) is 0 Å². The average molecular weight is 296 g/mol. The van der Waals surface area contributed by atoms with Crippen LogP contribution in [-0.4, -0.2) is 22.4 Å². The first-order valence-electron chi connectivity index (χ1n) is 8.04. The molecular weight excluding hydrogens is 270 g/mol. The molecule has 20 heavy (non-hydrogen) atoms. The van der Waals surface area contributed by atoms with Crippen LogP contribution in [0.4, 0.5) is 0 Å². The van der Waals surface area contributed by atoms with E-state index < -0.39 is 0 Å². The molecule has 0 aromatic carbocycles. The number of nitrogens with one attached hydrogen (secondary N) is 1. The summed E-state index contributed by atoms with van der Waals surface area (Å²) >= 11 is 6.43. The number of rotatable bonds is 6. The van der Waals surface area contributed by atoms with E-state index in [4.69, 9.17) is 11.6 Å². The summed E-state index contributed by atoms with van der Waals surface area (Å²) in [6.07, 6.45) is 6.54. The Bertz CT molecular complexity index is 472. The van der Waals surface area contributed by atoms with Crippen molar-refractivity contribution in [3.8, 4) is 0 Å². The van der Waals surface area contributed by atoms with Gasteiger partial charge >= 0.3 is 0 Å². The van der Waals surface area contributed by atoms with Crippen molar-refractivity contribution < 1.29 is 0 Å². The fraction of sp³-hybridized carbons (Fsp3) is 0.812. The number of hydrogen-bond donors (Lipinski definition) is 1. The molecule has 0 bridgehead atoms. The van der Waals surface area contributed by atoms with Crippen LogP contribution in [0.2, 0.25) is 5.02 Å². The Balaban J connectivity index is 1.73. The fourth-order valence-electron chi connectivity index (χ4n) is 4.26. The highest BCUT2D eigenvalue weighted by Crippen LogP contribution is 2.59. The molecular formula is C16H26ClN3. The van der Waals surface area contributed by atoms with E-state index >= 15 is 0 Å². The normalized spacial score (nSPS) is 29.5.